The lowest BCUT2D eigenvalue weighted by Gasteiger charge is -2.26. The summed E-state index contributed by atoms with van der Waals surface area (Å²) in [5.41, 5.74) is -1.61. The highest BCUT2D eigenvalue weighted by atomic mass is 32.2. The average Bonchev–Trinajstić information content (AvgIpc) is 2.58. The van der Waals surface area contributed by atoms with Crippen molar-refractivity contribution < 1.29 is 18.0 Å². The van der Waals surface area contributed by atoms with Gasteiger partial charge in [0.05, 0.1) is 16.9 Å². The zero-order valence-corrected chi connectivity index (χ0v) is 14.0. The molecule has 26 heavy (non-hydrogen) atoms. The fraction of sp³-hybridized carbons (Fsp3) is 0.235. The van der Waals surface area contributed by atoms with Crippen molar-refractivity contribution in [3.05, 3.63) is 51.3 Å². The Morgan fingerprint density at radius 3 is 2.73 bits per heavy atom. The van der Waals surface area contributed by atoms with Gasteiger partial charge in [0.1, 0.15) is 5.82 Å². The number of amides is 1. The van der Waals surface area contributed by atoms with Crippen LogP contribution in [0.3, 0.4) is 0 Å². The molecule has 0 unspecified atom stereocenters. The van der Waals surface area contributed by atoms with E-state index in [0.29, 0.717) is 0 Å². The third kappa shape index (κ3) is 3.46. The lowest BCUT2D eigenvalue weighted by molar-refractivity contribution is -0.138. The fourth-order valence-electron chi connectivity index (χ4n) is 2.85. The van der Waals surface area contributed by atoms with Gasteiger partial charge in [-0.15, -0.1) is 6.42 Å². The summed E-state index contributed by atoms with van der Waals surface area (Å²) >= 11 is 1.08. The number of anilines is 1. The first-order valence-electron chi connectivity index (χ1n) is 7.47. The van der Waals surface area contributed by atoms with Crippen LogP contribution in [0.4, 0.5) is 19.0 Å². The van der Waals surface area contributed by atoms with E-state index in [1.54, 1.807) is 0 Å². The topological polar surface area (TPSA) is 74.8 Å². The molecule has 5 nitrogen and oxygen atoms in total. The Hall–Kier alpha value is -2.73. The number of thioether (sulfide) groups is 1. The molecule has 1 amide bonds. The van der Waals surface area contributed by atoms with Gasteiger partial charge in [0, 0.05) is 12.3 Å². The highest BCUT2D eigenvalue weighted by Crippen LogP contribution is 2.41. The van der Waals surface area contributed by atoms with Gasteiger partial charge in [-0.05, 0) is 11.6 Å². The fourth-order valence-corrected chi connectivity index (χ4v) is 3.39. The van der Waals surface area contributed by atoms with E-state index in [0.717, 1.165) is 17.8 Å². The average molecular weight is 379 g/mol. The molecule has 1 aromatic heterocycles. The SMILES string of the molecule is C#CCSc1nc2c(c(=O)[nH]1)[C@@H](c1ccccc1C(F)(F)F)CC(=O)N2. The highest BCUT2D eigenvalue weighted by molar-refractivity contribution is 7.99. The molecular formula is C17H12F3N3O2S. The second kappa shape index (κ2) is 6.88. The molecule has 1 atom stereocenters. The van der Waals surface area contributed by atoms with Crippen LogP contribution in [0.25, 0.3) is 0 Å². The number of alkyl halides is 3. The molecule has 0 saturated heterocycles. The summed E-state index contributed by atoms with van der Waals surface area (Å²) in [7, 11) is 0. The predicted octanol–water partition coefficient (Wildman–Crippen LogP) is 2.99. The van der Waals surface area contributed by atoms with Crippen molar-refractivity contribution in [1.29, 1.82) is 0 Å². The van der Waals surface area contributed by atoms with Crippen LogP contribution in [-0.2, 0) is 11.0 Å². The molecule has 0 aliphatic carbocycles. The number of terminal acetylenes is 1. The summed E-state index contributed by atoms with van der Waals surface area (Å²) in [6.45, 7) is 0. The molecule has 3 rings (SSSR count). The van der Waals surface area contributed by atoms with Gasteiger partial charge < -0.3 is 10.3 Å². The normalized spacial score (nSPS) is 16.5. The Morgan fingerprint density at radius 1 is 1.31 bits per heavy atom. The monoisotopic (exact) mass is 379 g/mol. The van der Waals surface area contributed by atoms with Gasteiger partial charge in [-0.25, -0.2) is 4.98 Å². The Bertz CT molecular complexity index is 963. The van der Waals surface area contributed by atoms with Crippen LogP contribution in [0.5, 0.6) is 0 Å². The maximum absolute atomic E-state index is 13.4. The summed E-state index contributed by atoms with van der Waals surface area (Å²) < 4.78 is 40.1. The van der Waals surface area contributed by atoms with E-state index >= 15 is 0 Å². The Balaban J connectivity index is 2.15. The number of halogens is 3. The summed E-state index contributed by atoms with van der Waals surface area (Å²) in [5.74, 6) is 1.03. The second-order valence-electron chi connectivity index (χ2n) is 5.52. The van der Waals surface area contributed by atoms with E-state index in [1.165, 1.54) is 18.2 Å². The van der Waals surface area contributed by atoms with Crippen molar-refractivity contribution in [3.8, 4) is 12.3 Å². The molecular weight excluding hydrogens is 367 g/mol. The molecule has 1 aliphatic rings. The van der Waals surface area contributed by atoms with Gasteiger partial charge in [0.25, 0.3) is 5.56 Å². The second-order valence-corrected chi connectivity index (χ2v) is 6.48. The number of carbonyl (C=O) groups excluding carboxylic acids is 1. The third-order valence-corrected chi connectivity index (χ3v) is 4.64. The third-order valence-electron chi connectivity index (χ3n) is 3.86. The van der Waals surface area contributed by atoms with Crippen LogP contribution in [0.1, 0.15) is 29.0 Å². The van der Waals surface area contributed by atoms with E-state index in [4.69, 9.17) is 6.42 Å². The lowest BCUT2D eigenvalue weighted by Crippen LogP contribution is -2.32. The Labute approximate surface area is 150 Å². The van der Waals surface area contributed by atoms with E-state index in [1.807, 2.05) is 0 Å². The van der Waals surface area contributed by atoms with Gasteiger partial charge in [-0.3, -0.25) is 9.59 Å². The molecule has 134 valence electrons. The molecule has 0 saturated carbocycles. The standard InChI is InChI=1S/C17H12F3N3O2S/c1-2-7-26-16-22-14-13(15(25)23-16)10(8-12(24)21-14)9-5-3-4-6-11(9)17(18,19)20/h1,3-6,10H,7-8H2,(H2,21,22,23,24,25)/t10-/m1/s1. The number of fused-ring (bicyclic) bond motifs is 1. The minimum absolute atomic E-state index is 0.00589. The number of aromatic amines is 1. The first-order valence-corrected chi connectivity index (χ1v) is 8.46. The number of H-pyrrole nitrogens is 1. The summed E-state index contributed by atoms with van der Waals surface area (Å²) in [5, 5.41) is 2.65. The molecule has 9 heteroatoms. The van der Waals surface area contributed by atoms with Crippen LogP contribution in [-0.4, -0.2) is 21.6 Å². The largest absolute Gasteiger partial charge is 0.416 e. The van der Waals surface area contributed by atoms with E-state index < -0.39 is 29.1 Å². The summed E-state index contributed by atoms with van der Waals surface area (Å²) in [4.78, 5) is 31.2. The number of benzene rings is 1. The van der Waals surface area contributed by atoms with Crippen molar-refractivity contribution in [2.45, 2.75) is 23.7 Å². The first kappa shape index (κ1) is 18.1. The number of nitrogens with one attached hydrogen (secondary N) is 2. The minimum Gasteiger partial charge on any atom is -0.310 e. The number of aromatic nitrogens is 2. The van der Waals surface area contributed by atoms with Crippen LogP contribution < -0.4 is 10.9 Å². The van der Waals surface area contributed by atoms with Crippen molar-refractivity contribution in [3.63, 3.8) is 0 Å². The van der Waals surface area contributed by atoms with E-state index in [9.17, 15) is 22.8 Å². The molecule has 2 heterocycles. The van der Waals surface area contributed by atoms with Gasteiger partial charge in [0.2, 0.25) is 5.91 Å². The summed E-state index contributed by atoms with van der Waals surface area (Å²) in [6.07, 6.45) is 0.283. The number of rotatable bonds is 3. The Kier molecular flexibility index (Phi) is 4.78. The number of carbonyl (C=O) groups is 1. The van der Waals surface area contributed by atoms with Gasteiger partial charge >= 0.3 is 6.18 Å². The zero-order valence-electron chi connectivity index (χ0n) is 13.2. The summed E-state index contributed by atoms with van der Waals surface area (Å²) in [6, 6.07) is 4.91. The predicted molar refractivity (Wildman–Crippen MR) is 90.9 cm³/mol. The van der Waals surface area contributed by atoms with Crippen LogP contribution in [0.15, 0.2) is 34.2 Å². The van der Waals surface area contributed by atoms with Gasteiger partial charge in [-0.1, -0.05) is 35.9 Å². The highest BCUT2D eigenvalue weighted by Gasteiger charge is 2.39. The first-order chi connectivity index (χ1) is 12.3. The molecule has 0 spiro atoms. The van der Waals surface area contributed by atoms with Crippen molar-refractivity contribution in [1.82, 2.24) is 9.97 Å². The number of nitrogens with zero attached hydrogens (tertiary/aromatic N) is 1. The van der Waals surface area contributed by atoms with Crippen LogP contribution >= 0.6 is 11.8 Å². The molecule has 0 radical (unpaired) electrons. The van der Waals surface area contributed by atoms with Gasteiger partial charge in [-0.2, -0.15) is 13.2 Å². The van der Waals surface area contributed by atoms with Crippen LogP contribution in [0, 0.1) is 12.3 Å². The van der Waals surface area contributed by atoms with Crippen LogP contribution in [0.2, 0.25) is 0 Å². The van der Waals surface area contributed by atoms with Crippen molar-refractivity contribution in [2.75, 3.05) is 11.1 Å². The number of hydrogen-bond acceptors (Lipinski definition) is 4. The van der Waals surface area contributed by atoms with Crippen molar-refractivity contribution >= 4 is 23.5 Å². The number of hydrogen-bond donors (Lipinski definition) is 2. The smallest absolute Gasteiger partial charge is 0.310 e. The quantitative estimate of drug-likeness (QED) is 0.488. The molecule has 1 aromatic carbocycles. The molecule has 1 aliphatic heterocycles. The lowest BCUT2D eigenvalue weighted by atomic mass is 9.84. The Morgan fingerprint density at radius 2 is 2.04 bits per heavy atom. The van der Waals surface area contributed by atoms with E-state index in [2.05, 4.69) is 21.2 Å². The molecule has 0 fully saturated rings. The zero-order chi connectivity index (χ0) is 18.9. The molecule has 0 bridgehead atoms. The maximum atomic E-state index is 13.4. The molecule has 2 aromatic rings. The van der Waals surface area contributed by atoms with Gasteiger partial charge in [0.15, 0.2) is 5.16 Å². The van der Waals surface area contributed by atoms with E-state index in [-0.39, 0.29) is 34.3 Å². The molecule has 2 N–H and O–H groups in total. The van der Waals surface area contributed by atoms with Crippen molar-refractivity contribution in [2.24, 2.45) is 0 Å². The maximum Gasteiger partial charge on any atom is 0.416 e. The minimum atomic E-state index is -4.60.